The summed E-state index contributed by atoms with van der Waals surface area (Å²) in [4.78, 5) is 26.7. The summed E-state index contributed by atoms with van der Waals surface area (Å²) < 4.78 is 77.9. The van der Waals surface area contributed by atoms with E-state index in [0.29, 0.717) is 29.5 Å². The maximum absolute atomic E-state index is 13.0. The van der Waals surface area contributed by atoms with Crippen LogP contribution in [0.5, 0.6) is 0 Å². The summed E-state index contributed by atoms with van der Waals surface area (Å²) >= 11 is 0. The first-order valence-electron chi connectivity index (χ1n) is 8.65. The molecule has 0 fully saturated rings. The van der Waals surface area contributed by atoms with Crippen molar-refractivity contribution < 1.29 is 31.1 Å². The smallest absolute Gasteiger partial charge is 0.322 e. The van der Waals surface area contributed by atoms with E-state index in [-0.39, 0.29) is 17.3 Å². The number of rotatable bonds is 3. The van der Waals surface area contributed by atoms with Crippen molar-refractivity contribution in [3.05, 3.63) is 75.1 Å². The van der Waals surface area contributed by atoms with Crippen LogP contribution in [0.15, 0.2) is 47.3 Å². The predicted octanol–water partition coefficient (Wildman–Crippen LogP) is 5.38. The minimum atomic E-state index is -5.06. The molecule has 0 unspecified atom stereocenters. The van der Waals surface area contributed by atoms with Crippen molar-refractivity contribution in [1.82, 2.24) is 4.98 Å². The molecule has 158 valence electrons. The zero-order valence-electron chi connectivity index (χ0n) is 15.3. The second kappa shape index (κ2) is 7.51. The quantitative estimate of drug-likeness (QED) is 0.551. The van der Waals surface area contributed by atoms with Crippen molar-refractivity contribution in [2.45, 2.75) is 25.7 Å². The topological polar surface area (TPSA) is 62.0 Å². The number of aromatic nitrogens is 1. The van der Waals surface area contributed by atoms with Crippen molar-refractivity contribution in [3.63, 3.8) is 0 Å². The number of hydrogen-bond acceptors (Lipinski definition) is 2. The number of aromatic amines is 1. The van der Waals surface area contributed by atoms with E-state index in [0.717, 1.165) is 5.56 Å². The van der Waals surface area contributed by atoms with E-state index in [4.69, 9.17) is 0 Å². The van der Waals surface area contributed by atoms with E-state index in [1.54, 1.807) is 6.07 Å². The highest BCUT2D eigenvalue weighted by molar-refractivity contribution is 6.05. The van der Waals surface area contributed by atoms with E-state index in [1.807, 2.05) is 6.92 Å². The Hall–Kier alpha value is -3.30. The van der Waals surface area contributed by atoms with Crippen molar-refractivity contribution in [2.75, 3.05) is 5.32 Å². The number of nitrogens with one attached hydrogen (secondary N) is 2. The van der Waals surface area contributed by atoms with Gasteiger partial charge in [0.1, 0.15) is 0 Å². The summed E-state index contributed by atoms with van der Waals surface area (Å²) in [6, 6.07) is 6.48. The number of halogens is 6. The Bertz CT molecular complexity index is 1150. The molecule has 0 radical (unpaired) electrons. The minimum Gasteiger partial charge on any atom is -0.322 e. The SMILES string of the molecule is CCc1cc(=O)[nH]c2cc(NC(=O)c3cc(C(F)(F)F)cc(C(F)(F)F)c3)ccc12. The second-order valence-electron chi connectivity index (χ2n) is 6.52. The molecule has 0 bridgehead atoms. The van der Waals surface area contributed by atoms with Crippen LogP contribution in [0.25, 0.3) is 10.9 Å². The number of benzene rings is 2. The molecule has 1 heterocycles. The molecule has 1 amide bonds. The van der Waals surface area contributed by atoms with Gasteiger partial charge in [0.15, 0.2) is 0 Å². The summed E-state index contributed by atoms with van der Waals surface area (Å²) in [5.74, 6) is -1.15. The van der Waals surface area contributed by atoms with Crippen LogP contribution in [0.1, 0.15) is 34.0 Å². The largest absolute Gasteiger partial charge is 0.416 e. The van der Waals surface area contributed by atoms with E-state index in [2.05, 4.69) is 10.3 Å². The monoisotopic (exact) mass is 428 g/mol. The van der Waals surface area contributed by atoms with Gasteiger partial charge in [0.25, 0.3) is 5.91 Å². The Balaban J connectivity index is 2.00. The zero-order chi connectivity index (χ0) is 22.3. The van der Waals surface area contributed by atoms with Gasteiger partial charge >= 0.3 is 12.4 Å². The van der Waals surface area contributed by atoms with Crippen molar-refractivity contribution in [1.29, 1.82) is 0 Å². The second-order valence-corrected chi connectivity index (χ2v) is 6.52. The summed E-state index contributed by atoms with van der Waals surface area (Å²) in [5.41, 5.74) is -3.13. The third-order valence-corrected chi connectivity index (χ3v) is 4.42. The molecule has 0 saturated heterocycles. The van der Waals surface area contributed by atoms with Gasteiger partial charge in [-0.2, -0.15) is 26.3 Å². The number of carbonyl (C=O) groups is 1. The molecule has 2 aromatic carbocycles. The van der Waals surface area contributed by atoms with Crippen molar-refractivity contribution in [2.24, 2.45) is 0 Å². The third kappa shape index (κ3) is 4.47. The van der Waals surface area contributed by atoms with E-state index in [9.17, 15) is 35.9 Å². The number of pyridine rings is 1. The Labute approximate surface area is 165 Å². The number of H-pyrrole nitrogens is 1. The molecule has 10 heteroatoms. The lowest BCUT2D eigenvalue weighted by molar-refractivity contribution is -0.143. The molecule has 0 spiro atoms. The average Bonchev–Trinajstić information content (AvgIpc) is 2.65. The van der Waals surface area contributed by atoms with Crippen LogP contribution >= 0.6 is 0 Å². The Morgan fingerprint density at radius 3 is 2.07 bits per heavy atom. The molecular weight excluding hydrogens is 414 g/mol. The fraction of sp³-hybridized carbons (Fsp3) is 0.200. The summed E-state index contributed by atoms with van der Waals surface area (Å²) in [6.07, 6.45) is -9.55. The van der Waals surface area contributed by atoms with Crippen LogP contribution in [0.2, 0.25) is 0 Å². The first kappa shape index (κ1) is 21.4. The Morgan fingerprint density at radius 2 is 1.53 bits per heavy atom. The van der Waals surface area contributed by atoms with Gasteiger partial charge in [-0.15, -0.1) is 0 Å². The molecule has 0 aliphatic carbocycles. The van der Waals surface area contributed by atoms with E-state index < -0.39 is 35.0 Å². The summed E-state index contributed by atoms with van der Waals surface area (Å²) in [7, 11) is 0. The van der Waals surface area contributed by atoms with Crippen molar-refractivity contribution >= 4 is 22.5 Å². The number of fused-ring (bicyclic) bond motifs is 1. The predicted molar refractivity (Wildman–Crippen MR) is 98.3 cm³/mol. The highest BCUT2D eigenvalue weighted by Gasteiger charge is 2.37. The highest BCUT2D eigenvalue weighted by Crippen LogP contribution is 2.36. The lowest BCUT2D eigenvalue weighted by Crippen LogP contribution is -2.17. The molecule has 0 aliphatic heterocycles. The number of carbonyl (C=O) groups excluding carboxylic acids is 1. The van der Waals surface area contributed by atoms with E-state index >= 15 is 0 Å². The van der Waals surface area contributed by atoms with Crippen LogP contribution in [0, 0.1) is 0 Å². The van der Waals surface area contributed by atoms with Gasteiger partial charge in [-0.05, 0) is 42.3 Å². The first-order valence-corrected chi connectivity index (χ1v) is 8.65. The molecule has 1 aromatic heterocycles. The minimum absolute atomic E-state index is 0.0518. The zero-order valence-corrected chi connectivity index (χ0v) is 15.3. The van der Waals surface area contributed by atoms with E-state index in [1.165, 1.54) is 18.2 Å². The van der Waals surface area contributed by atoms with Gasteiger partial charge in [-0.1, -0.05) is 13.0 Å². The number of anilines is 1. The molecule has 3 rings (SSSR count). The standard InChI is InChI=1S/C20H14F6N2O2/c1-2-10-7-17(29)28-16-9-14(3-4-15(10)16)27-18(30)11-5-12(19(21,22)23)8-13(6-11)20(24,25)26/h3-9H,2H2,1H3,(H,27,30)(H,28,29). The fourth-order valence-corrected chi connectivity index (χ4v) is 2.99. The number of amides is 1. The number of hydrogen-bond donors (Lipinski definition) is 2. The maximum Gasteiger partial charge on any atom is 0.416 e. The number of aryl methyl sites for hydroxylation is 1. The highest BCUT2D eigenvalue weighted by atomic mass is 19.4. The normalized spacial score (nSPS) is 12.2. The van der Waals surface area contributed by atoms with Gasteiger partial charge in [-0.25, -0.2) is 0 Å². The molecule has 0 aliphatic rings. The van der Waals surface area contributed by atoms with Crippen molar-refractivity contribution in [3.8, 4) is 0 Å². The van der Waals surface area contributed by atoms with Gasteiger partial charge in [-0.3, -0.25) is 9.59 Å². The van der Waals surface area contributed by atoms with Crippen LogP contribution < -0.4 is 10.9 Å². The third-order valence-electron chi connectivity index (χ3n) is 4.42. The Kier molecular flexibility index (Phi) is 5.36. The molecule has 0 atom stereocenters. The maximum atomic E-state index is 13.0. The van der Waals surface area contributed by atoms with Crippen LogP contribution in [0.4, 0.5) is 32.0 Å². The fourth-order valence-electron chi connectivity index (χ4n) is 2.99. The lowest BCUT2D eigenvalue weighted by Gasteiger charge is -2.14. The van der Waals surface area contributed by atoms with Crippen LogP contribution in [0.3, 0.4) is 0 Å². The molecule has 2 N–H and O–H groups in total. The molecule has 3 aromatic rings. The average molecular weight is 428 g/mol. The number of alkyl halides is 6. The van der Waals surface area contributed by atoms with Gasteiger partial charge in [0.05, 0.1) is 16.6 Å². The molecule has 4 nitrogen and oxygen atoms in total. The lowest BCUT2D eigenvalue weighted by atomic mass is 10.0. The molecule has 0 saturated carbocycles. The Morgan fingerprint density at radius 1 is 0.933 bits per heavy atom. The van der Waals surface area contributed by atoms with Crippen LogP contribution in [-0.4, -0.2) is 10.9 Å². The van der Waals surface area contributed by atoms with Gasteiger partial charge in [0.2, 0.25) is 5.56 Å². The van der Waals surface area contributed by atoms with Crippen LogP contribution in [-0.2, 0) is 18.8 Å². The van der Waals surface area contributed by atoms with Gasteiger partial charge < -0.3 is 10.3 Å². The summed E-state index contributed by atoms with van der Waals surface area (Å²) in [5, 5.41) is 2.97. The first-order chi connectivity index (χ1) is 13.9. The van der Waals surface area contributed by atoms with Gasteiger partial charge in [0, 0.05) is 22.7 Å². The molecule has 30 heavy (non-hydrogen) atoms. The molecular formula is C20H14F6N2O2. The summed E-state index contributed by atoms with van der Waals surface area (Å²) in [6.45, 7) is 1.84.